The van der Waals surface area contributed by atoms with E-state index in [0.717, 1.165) is 5.56 Å². The van der Waals surface area contributed by atoms with Crippen LogP contribution in [0, 0.1) is 0 Å². The Labute approximate surface area is 129 Å². The summed E-state index contributed by atoms with van der Waals surface area (Å²) < 4.78 is 27.5. The number of sulfonamides is 1. The number of hydrogen-bond acceptors (Lipinski definition) is 4. The third kappa shape index (κ3) is 5.19. The largest absolute Gasteiger partial charge is 0.444 e. The molecule has 0 heterocycles. The van der Waals surface area contributed by atoms with Crippen molar-refractivity contribution in [1.29, 1.82) is 0 Å². The number of anilines is 1. The number of nitrogens with one attached hydrogen (secondary N) is 1. The second kappa shape index (κ2) is 7.06. The van der Waals surface area contributed by atoms with Crippen LogP contribution in [0.15, 0.2) is 54.6 Å². The topological polar surface area (TPSA) is 98.5 Å². The SMILES string of the molecule is NS(=O)(=O)Cc1ccccc1NC(=O)OCc1ccccc1. The van der Waals surface area contributed by atoms with Crippen LogP contribution in [-0.2, 0) is 27.1 Å². The Morgan fingerprint density at radius 2 is 1.68 bits per heavy atom. The van der Waals surface area contributed by atoms with Crippen molar-refractivity contribution in [1.82, 2.24) is 0 Å². The number of ether oxygens (including phenoxy) is 1. The molecule has 0 spiro atoms. The van der Waals surface area contributed by atoms with Crippen molar-refractivity contribution < 1.29 is 17.9 Å². The third-order valence-corrected chi connectivity index (χ3v) is 3.54. The van der Waals surface area contributed by atoms with Gasteiger partial charge < -0.3 is 4.74 Å². The normalized spacial score (nSPS) is 11.0. The molecule has 2 rings (SSSR count). The smallest absolute Gasteiger partial charge is 0.411 e. The van der Waals surface area contributed by atoms with Crippen molar-refractivity contribution in [3.8, 4) is 0 Å². The van der Waals surface area contributed by atoms with E-state index in [1.165, 1.54) is 0 Å². The molecule has 1 amide bonds. The van der Waals surface area contributed by atoms with Gasteiger partial charge in [-0.2, -0.15) is 0 Å². The van der Waals surface area contributed by atoms with Crippen LogP contribution in [0.2, 0.25) is 0 Å². The molecule has 116 valence electrons. The minimum atomic E-state index is -3.68. The zero-order chi connectivity index (χ0) is 16.0. The van der Waals surface area contributed by atoms with Gasteiger partial charge in [-0.15, -0.1) is 0 Å². The van der Waals surface area contributed by atoms with Crippen molar-refractivity contribution in [3.05, 3.63) is 65.7 Å². The van der Waals surface area contributed by atoms with Crippen LogP contribution >= 0.6 is 0 Å². The summed E-state index contributed by atoms with van der Waals surface area (Å²) in [7, 11) is -3.68. The van der Waals surface area contributed by atoms with Gasteiger partial charge in [-0.25, -0.2) is 18.4 Å². The highest BCUT2D eigenvalue weighted by atomic mass is 32.2. The van der Waals surface area contributed by atoms with E-state index < -0.39 is 16.1 Å². The van der Waals surface area contributed by atoms with Crippen LogP contribution in [-0.4, -0.2) is 14.5 Å². The summed E-state index contributed by atoms with van der Waals surface area (Å²) in [4.78, 5) is 11.8. The van der Waals surface area contributed by atoms with Crippen molar-refractivity contribution in [2.24, 2.45) is 5.14 Å². The number of carbonyl (C=O) groups excluding carboxylic acids is 1. The van der Waals surface area contributed by atoms with Crippen LogP contribution in [0.4, 0.5) is 10.5 Å². The molecule has 22 heavy (non-hydrogen) atoms. The summed E-state index contributed by atoms with van der Waals surface area (Å²) in [5.41, 5.74) is 1.62. The maximum atomic E-state index is 11.8. The molecule has 0 bridgehead atoms. The lowest BCUT2D eigenvalue weighted by molar-refractivity contribution is 0.155. The summed E-state index contributed by atoms with van der Waals surface area (Å²) in [5, 5.41) is 7.55. The fourth-order valence-electron chi connectivity index (χ4n) is 1.85. The molecule has 0 aliphatic carbocycles. The van der Waals surface area contributed by atoms with Crippen molar-refractivity contribution in [2.75, 3.05) is 5.32 Å². The average Bonchev–Trinajstić information content (AvgIpc) is 2.47. The number of carbonyl (C=O) groups is 1. The van der Waals surface area contributed by atoms with Crippen molar-refractivity contribution >= 4 is 21.8 Å². The maximum Gasteiger partial charge on any atom is 0.411 e. The Balaban J connectivity index is 2.00. The minimum Gasteiger partial charge on any atom is -0.444 e. The van der Waals surface area contributed by atoms with Gasteiger partial charge in [-0.3, -0.25) is 5.32 Å². The van der Waals surface area contributed by atoms with E-state index in [1.807, 2.05) is 30.3 Å². The molecule has 0 aliphatic rings. The van der Waals surface area contributed by atoms with Gasteiger partial charge in [0.2, 0.25) is 10.0 Å². The molecule has 0 radical (unpaired) electrons. The Bertz CT molecular complexity index is 745. The first-order valence-electron chi connectivity index (χ1n) is 6.50. The quantitative estimate of drug-likeness (QED) is 0.882. The molecule has 2 aromatic rings. The molecule has 0 aromatic heterocycles. The summed E-state index contributed by atoms with van der Waals surface area (Å²) in [6, 6.07) is 15.7. The van der Waals surface area contributed by atoms with E-state index in [4.69, 9.17) is 9.88 Å². The van der Waals surface area contributed by atoms with Crippen molar-refractivity contribution in [3.63, 3.8) is 0 Å². The highest BCUT2D eigenvalue weighted by Crippen LogP contribution is 2.17. The monoisotopic (exact) mass is 320 g/mol. The number of nitrogens with two attached hydrogens (primary N) is 1. The molecule has 7 heteroatoms. The molecule has 6 nitrogen and oxygen atoms in total. The number of para-hydroxylation sites is 1. The lowest BCUT2D eigenvalue weighted by atomic mass is 10.2. The molecule has 0 atom stereocenters. The fourth-order valence-corrected chi connectivity index (χ4v) is 2.54. The van der Waals surface area contributed by atoms with E-state index in [0.29, 0.717) is 11.3 Å². The van der Waals surface area contributed by atoms with Gasteiger partial charge in [0.05, 0.1) is 5.75 Å². The second-order valence-corrected chi connectivity index (χ2v) is 6.27. The molecule has 0 aliphatic heterocycles. The molecular weight excluding hydrogens is 304 g/mol. The molecule has 0 fully saturated rings. The lowest BCUT2D eigenvalue weighted by Gasteiger charge is -2.11. The van der Waals surface area contributed by atoms with Gasteiger partial charge in [0.15, 0.2) is 0 Å². The van der Waals surface area contributed by atoms with E-state index in [1.54, 1.807) is 24.3 Å². The molecular formula is C15H16N2O4S. The Hall–Kier alpha value is -2.38. The van der Waals surface area contributed by atoms with E-state index >= 15 is 0 Å². The summed E-state index contributed by atoms with van der Waals surface area (Å²) in [6.07, 6.45) is -0.661. The van der Waals surface area contributed by atoms with Gasteiger partial charge in [-0.1, -0.05) is 48.5 Å². The summed E-state index contributed by atoms with van der Waals surface area (Å²) in [6.45, 7) is 0.129. The standard InChI is InChI=1S/C15H16N2O4S/c16-22(19,20)11-13-8-4-5-9-14(13)17-15(18)21-10-12-6-2-1-3-7-12/h1-9H,10-11H2,(H,17,18)(H2,16,19,20). The highest BCUT2D eigenvalue weighted by Gasteiger charge is 2.12. The summed E-state index contributed by atoms with van der Waals surface area (Å²) in [5.74, 6) is -0.359. The number of rotatable bonds is 5. The molecule has 2 aromatic carbocycles. The highest BCUT2D eigenvalue weighted by molar-refractivity contribution is 7.88. The Morgan fingerprint density at radius 3 is 2.36 bits per heavy atom. The van der Waals surface area contributed by atoms with Crippen LogP contribution < -0.4 is 10.5 Å². The Morgan fingerprint density at radius 1 is 1.05 bits per heavy atom. The first-order chi connectivity index (χ1) is 10.4. The second-order valence-electron chi connectivity index (χ2n) is 4.65. The van der Waals surface area contributed by atoms with Crippen LogP contribution in [0.25, 0.3) is 0 Å². The number of amides is 1. The lowest BCUT2D eigenvalue weighted by Crippen LogP contribution is -2.18. The molecule has 0 unspecified atom stereocenters. The number of hydrogen-bond donors (Lipinski definition) is 2. The minimum absolute atomic E-state index is 0.129. The first kappa shape index (κ1) is 16.0. The molecule has 0 saturated heterocycles. The van der Waals surface area contributed by atoms with Crippen LogP contribution in [0.5, 0.6) is 0 Å². The average molecular weight is 320 g/mol. The zero-order valence-electron chi connectivity index (χ0n) is 11.7. The van der Waals surface area contributed by atoms with Crippen LogP contribution in [0.1, 0.15) is 11.1 Å². The van der Waals surface area contributed by atoms with Crippen molar-refractivity contribution in [2.45, 2.75) is 12.4 Å². The van der Waals surface area contributed by atoms with Gasteiger partial charge in [-0.05, 0) is 17.2 Å². The predicted molar refractivity (Wildman–Crippen MR) is 83.5 cm³/mol. The predicted octanol–water partition coefficient (Wildman–Crippen LogP) is 2.22. The molecule has 0 saturated carbocycles. The van der Waals surface area contributed by atoms with Gasteiger partial charge >= 0.3 is 6.09 Å². The van der Waals surface area contributed by atoms with E-state index in [2.05, 4.69) is 5.32 Å². The Kier molecular flexibility index (Phi) is 5.13. The van der Waals surface area contributed by atoms with E-state index in [-0.39, 0.29) is 12.4 Å². The van der Waals surface area contributed by atoms with Gasteiger partial charge in [0.1, 0.15) is 6.61 Å². The fraction of sp³-hybridized carbons (Fsp3) is 0.133. The zero-order valence-corrected chi connectivity index (χ0v) is 12.5. The molecule has 3 N–H and O–H groups in total. The number of benzene rings is 2. The van der Waals surface area contributed by atoms with Gasteiger partial charge in [0.25, 0.3) is 0 Å². The van der Waals surface area contributed by atoms with Gasteiger partial charge in [0, 0.05) is 5.69 Å². The first-order valence-corrected chi connectivity index (χ1v) is 8.22. The van der Waals surface area contributed by atoms with E-state index in [9.17, 15) is 13.2 Å². The maximum absolute atomic E-state index is 11.8. The number of primary sulfonamides is 1. The summed E-state index contributed by atoms with van der Waals surface area (Å²) >= 11 is 0. The third-order valence-electron chi connectivity index (χ3n) is 2.82. The van der Waals surface area contributed by atoms with Crippen LogP contribution in [0.3, 0.4) is 0 Å².